The Bertz CT molecular complexity index is 1010. The average Bonchev–Trinajstić information content (AvgIpc) is 2.85. The zero-order valence-electron chi connectivity index (χ0n) is 17.6. The van der Waals surface area contributed by atoms with Crippen molar-refractivity contribution in [2.24, 2.45) is 0 Å². The molecule has 0 spiro atoms. The van der Waals surface area contributed by atoms with Crippen LogP contribution in [0.5, 0.6) is 0 Å². The maximum Gasteiger partial charge on any atom is -0.0184 e. The molecule has 2 aliphatic rings. The van der Waals surface area contributed by atoms with Gasteiger partial charge in [-0.15, -0.1) is 0 Å². The van der Waals surface area contributed by atoms with Crippen LogP contribution in [0.1, 0.15) is 41.5 Å². The maximum atomic E-state index is 2.26. The first-order valence-corrected chi connectivity index (χ1v) is 11.2. The minimum absolute atomic E-state index is 1.21. The molecule has 6 rings (SSSR count). The van der Waals surface area contributed by atoms with Gasteiger partial charge in [0, 0.05) is 0 Å². The molecule has 0 aliphatic heterocycles. The number of benzene rings is 4. The molecule has 2 aliphatic carbocycles. The Morgan fingerprint density at radius 2 is 0.900 bits per heavy atom. The Kier molecular flexibility index (Phi) is 7.12. The fraction of sp³-hybridized carbons (Fsp3) is 0.200. The number of aryl methyl sites for hydroxylation is 3. The molecule has 0 amide bonds. The van der Waals surface area contributed by atoms with Crippen LogP contribution in [-0.2, 0) is 19.3 Å². The van der Waals surface area contributed by atoms with E-state index in [1.54, 1.807) is 11.1 Å². The van der Waals surface area contributed by atoms with E-state index in [0.29, 0.717) is 0 Å². The molecule has 150 valence electrons. The molecular weight excluding hydrogens is 360 g/mol. The quantitative estimate of drug-likeness (QED) is 0.285. The molecule has 0 saturated carbocycles. The van der Waals surface area contributed by atoms with Crippen molar-refractivity contribution in [3.8, 4) is 0 Å². The molecule has 30 heavy (non-hydrogen) atoms. The van der Waals surface area contributed by atoms with Gasteiger partial charge >= 0.3 is 0 Å². The average molecular weight is 391 g/mol. The highest BCUT2D eigenvalue weighted by molar-refractivity contribution is 5.82. The molecule has 0 unspecified atom stereocenters. The number of fused-ring (bicyclic) bond motifs is 3. The van der Waals surface area contributed by atoms with E-state index in [1.807, 2.05) is 0 Å². The van der Waals surface area contributed by atoms with Crippen molar-refractivity contribution < 1.29 is 0 Å². The third-order valence-corrected chi connectivity index (χ3v) is 5.85. The molecule has 0 saturated heterocycles. The first-order valence-electron chi connectivity index (χ1n) is 11.2. The molecule has 0 heteroatoms. The van der Waals surface area contributed by atoms with Gasteiger partial charge in [-0.05, 0) is 71.6 Å². The van der Waals surface area contributed by atoms with Gasteiger partial charge in [0.05, 0.1) is 0 Å². The summed E-state index contributed by atoms with van der Waals surface area (Å²) in [5.74, 6) is 0. The van der Waals surface area contributed by atoms with Crippen LogP contribution in [0.15, 0.2) is 103 Å². The summed E-state index contributed by atoms with van der Waals surface area (Å²) in [6.45, 7) is 0. The lowest BCUT2D eigenvalue weighted by molar-refractivity contribution is 0.685. The lowest BCUT2D eigenvalue weighted by Crippen LogP contribution is -2.00. The lowest BCUT2D eigenvalue weighted by atomic mass is 9.92. The first-order chi connectivity index (χ1) is 14.9. The van der Waals surface area contributed by atoms with Crippen LogP contribution in [-0.4, -0.2) is 0 Å². The first kappa shape index (κ1) is 20.2. The molecule has 0 fully saturated rings. The molecule has 0 nitrogen and oxygen atoms in total. The number of hydrogen-bond acceptors (Lipinski definition) is 0. The Labute approximate surface area is 180 Å². The Morgan fingerprint density at radius 3 is 1.43 bits per heavy atom. The number of allylic oxidation sites excluding steroid dienone is 1. The summed E-state index contributed by atoms with van der Waals surface area (Å²) in [6.07, 6.45) is 12.2. The second-order valence-electron chi connectivity index (χ2n) is 7.96. The van der Waals surface area contributed by atoms with Crippen LogP contribution in [0.4, 0.5) is 0 Å². The van der Waals surface area contributed by atoms with E-state index in [9.17, 15) is 0 Å². The summed E-state index contributed by atoms with van der Waals surface area (Å²) in [5, 5.41) is 2.62. The molecular formula is C30H30. The van der Waals surface area contributed by atoms with Crippen LogP contribution in [0.2, 0.25) is 0 Å². The summed E-state index contributed by atoms with van der Waals surface area (Å²) in [5.41, 5.74) is 6.04. The summed E-state index contributed by atoms with van der Waals surface area (Å²) in [4.78, 5) is 0. The molecule has 0 N–H and O–H groups in total. The van der Waals surface area contributed by atoms with Gasteiger partial charge in [-0.3, -0.25) is 0 Å². The molecule has 4 aromatic carbocycles. The van der Waals surface area contributed by atoms with E-state index in [-0.39, 0.29) is 0 Å². The van der Waals surface area contributed by atoms with E-state index < -0.39 is 0 Å². The van der Waals surface area contributed by atoms with E-state index >= 15 is 0 Å². The largest absolute Gasteiger partial charge is 0.0836 e. The fourth-order valence-corrected chi connectivity index (χ4v) is 4.18. The Morgan fingerprint density at radius 1 is 0.433 bits per heavy atom. The van der Waals surface area contributed by atoms with Crippen molar-refractivity contribution in [1.29, 1.82) is 0 Å². The predicted octanol–water partition coefficient (Wildman–Crippen LogP) is 8.05. The molecule has 4 aromatic rings. The van der Waals surface area contributed by atoms with Gasteiger partial charge in [-0.1, -0.05) is 109 Å². The topological polar surface area (TPSA) is 0 Å². The van der Waals surface area contributed by atoms with Gasteiger partial charge in [-0.25, -0.2) is 0 Å². The normalized spacial score (nSPS) is 13.7. The molecule has 0 bridgehead atoms. The zero-order valence-corrected chi connectivity index (χ0v) is 17.6. The van der Waals surface area contributed by atoms with Crippen LogP contribution in [0, 0.1) is 0 Å². The van der Waals surface area contributed by atoms with Gasteiger partial charge < -0.3 is 0 Å². The van der Waals surface area contributed by atoms with Crippen LogP contribution in [0.25, 0.3) is 16.8 Å². The maximum absolute atomic E-state index is 2.26. The predicted molar refractivity (Wildman–Crippen MR) is 131 cm³/mol. The second-order valence-corrected chi connectivity index (χ2v) is 7.96. The zero-order chi connectivity index (χ0) is 20.4. The number of hydrogen-bond donors (Lipinski definition) is 0. The standard InChI is InChI=1S/C10H12.C10H10.C10H8/c3*1-2-6-10-8-4-3-7-9(10)5-1/h1-2,5-6H,3-4,7-8H2;1-3,5-7H,4,8H2;1-8H. The SMILES string of the molecule is C1=Cc2ccccc2CC1.c1ccc2c(c1)CCCC2.c1ccc2ccccc2c1. The van der Waals surface area contributed by atoms with Gasteiger partial charge in [0.1, 0.15) is 0 Å². The molecule has 0 heterocycles. The van der Waals surface area contributed by atoms with Crippen LogP contribution >= 0.6 is 0 Å². The summed E-state index contributed by atoms with van der Waals surface area (Å²) >= 11 is 0. The van der Waals surface area contributed by atoms with Gasteiger partial charge in [0.2, 0.25) is 0 Å². The van der Waals surface area contributed by atoms with E-state index in [1.165, 1.54) is 60.4 Å². The monoisotopic (exact) mass is 390 g/mol. The van der Waals surface area contributed by atoms with Crippen molar-refractivity contribution in [2.45, 2.75) is 38.5 Å². The van der Waals surface area contributed by atoms with Gasteiger partial charge in [-0.2, -0.15) is 0 Å². The summed E-state index contributed by atoms with van der Waals surface area (Å²) < 4.78 is 0. The van der Waals surface area contributed by atoms with Gasteiger partial charge in [0.25, 0.3) is 0 Å². The lowest BCUT2D eigenvalue weighted by Gasteiger charge is -2.13. The minimum atomic E-state index is 1.21. The van der Waals surface area contributed by atoms with Crippen molar-refractivity contribution in [3.63, 3.8) is 0 Å². The Balaban J connectivity index is 0.000000109. The third-order valence-electron chi connectivity index (χ3n) is 5.85. The highest BCUT2D eigenvalue weighted by atomic mass is 14.1. The van der Waals surface area contributed by atoms with Crippen LogP contribution in [0.3, 0.4) is 0 Å². The fourth-order valence-electron chi connectivity index (χ4n) is 4.18. The smallest absolute Gasteiger partial charge is 0.0184 e. The molecule has 0 atom stereocenters. The second kappa shape index (κ2) is 10.6. The molecule has 0 radical (unpaired) electrons. The summed E-state index contributed by atoms with van der Waals surface area (Å²) in [7, 11) is 0. The third kappa shape index (κ3) is 5.48. The van der Waals surface area contributed by atoms with Gasteiger partial charge in [0.15, 0.2) is 0 Å². The summed E-state index contributed by atoms with van der Waals surface area (Å²) in [6, 6.07) is 34.1. The van der Waals surface area contributed by atoms with Crippen molar-refractivity contribution >= 4 is 16.8 Å². The van der Waals surface area contributed by atoms with Crippen molar-refractivity contribution in [2.75, 3.05) is 0 Å². The Hall–Kier alpha value is -3.12. The number of rotatable bonds is 0. The van der Waals surface area contributed by atoms with Crippen LogP contribution < -0.4 is 0 Å². The van der Waals surface area contributed by atoms with E-state index in [2.05, 4.69) is 109 Å². The van der Waals surface area contributed by atoms with Crippen molar-refractivity contribution in [1.82, 2.24) is 0 Å². The molecule has 0 aromatic heterocycles. The van der Waals surface area contributed by atoms with E-state index in [4.69, 9.17) is 0 Å². The highest BCUT2D eigenvalue weighted by Gasteiger charge is 2.06. The minimum Gasteiger partial charge on any atom is -0.0836 e. The van der Waals surface area contributed by atoms with E-state index in [0.717, 1.165) is 0 Å². The van der Waals surface area contributed by atoms with Crippen molar-refractivity contribution in [3.05, 3.63) is 125 Å². The highest BCUT2D eigenvalue weighted by Crippen LogP contribution is 2.20.